The van der Waals surface area contributed by atoms with E-state index in [-0.39, 0.29) is 5.09 Å². The highest BCUT2D eigenvalue weighted by Gasteiger charge is 2.17. The van der Waals surface area contributed by atoms with E-state index in [1.165, 1.54) is 6.20 Å². The molecular formula is C6H10N2O3S. The predicted octanol–water partition coefficient (Wildman–Crippen LogP) is -0.421. The van der Waals surface area contributed by atoms with E-state index in [1.807, 2.05) is 0 Å². The van der Waals surface area contributed by atoms with Gasteiger partial charge in [0.25, 0.3) is 5.09 Å². The highest BCUT2D eigenvalue weighted by atomic mass is 32.2. The topological polar surface area (TPSA) is 86.2 Å². The molecule has 6 heteroatoms. The Morgan fingerprint density at radius 2 is 2.33 bits per heavy atom. The van der Waals surface area contributed by atoms with Gasteiger partial charge in [0.1, 0.15) is 0 Å². The maximum Gasteiger partial charge on any atom is 0.253 e. The summed E-state index contributed by atoms with van der Waals surface area (Å²) in [6, 6.07) is 0. The van der Waals surface area contributed by atoms with Crippen LogP contribution in [0, 0.1) is 0 Å². The van der Waals surface area contributed by atoms with Gasteiger partial charge in [-0.05, 0) is 13.0 Å². The molecule has 12 heavy (non-hydrogen) atoms. The van der Waals surface area contributed by atoms with Gasteiger partial charge in [-0.1, -0.05) is 5.16 Å². The van der Waals surface area contributed by atoms with Crippen LogP contribution in [0.5, 0.6) is 0 Å². The Morgan fingerprint density at radius 3 is 2.83 bits per heavy atom. The van der Waals surface area contributed by atoms with Crippen molar-refractivity contribution in [3.63, 3.8) is 0 Å². The van der Waals surface area contributed by atoms with E-state index in [0.29, 0.717) is 18.5 Å². The molecule has 68 valence electrons. The number of nitrogens with zero attached hydrogens (tertiary/aromatic N) is 1. The second-order valence-corrected chi connectivity index (χ2v) is 4.36. The standard InChI is InChI=1S/C6H10N2O3S/c1-12(9,10)6-5(2-3-7)4-8-11-6/h4H,2-3,7H2,1H3. The normalized spacial score (nSPS) is 11.8. The molecule has 1 rings (SSSR count). The van der Waals surface area contributed by atoms with E-state index < -0.39 is 9.84 Å². The molecule has 0 aliphatic heterocycles. The zero-order valence-electron chi connectivity index (χ0n) is 6.65. The average molecular weight is 190 g/mol. The van der Waals surface area contributed by atoms with Gasteiger partial charge in [0.15, 0.2) is 0 Å². The van der Waals surface area contributed by atoms with Crippen molar-refractivity contribution in [2.45, 2.75) is 11.5 Å². The molecule has 0 aliphatic carbocycles. The SMILES string of the molecule is CS(=O)(=O)c1oncc1CCN. The molecule has 1 heterocycles. The molecule has 2 N–H and O–H groups in total. The fourth-order valence-electron chi connectivity index (χ4n) is 0.877. The van der Waals surface area contributed by atoms with E-state index in [4.69, 9.17) is 5.73 Å². The highest BCUT2D eigenvalue weighted by molar-refractivity contribution is 7.90. The quantitative estimate of drug-likeness (QED) is 0.699. The molecule has 0 fully saturated rings. The summed E-state index contributed by atoms with van der Waals surface area (Å²) < 4.78 is 26.6. The van der Waals surface area contributed by atoms with Crippen LogP contribution in [0.25, 0.3) is 0 Å². The van der Waals surface area contributed by atoms with Crippen LogP contribution in [0.4, 0.5) is 0 Å². The summed E-state index contributed by atoms with van der Waals surface area (Å²) in [6.45, 7) is 0.379. The molecule has 1 aromatic rings. The van der Waals surface area contributed by atoms with Crippen molar-refractivity contribution in [1.29, 1.82) is 0 Å². The zero-order valence-corrected chi connectivity index (χ0v) is 7.47. The van der Waals surface area contributed by atoms with E-state index >= 15 is 0 Å². The molecule has 0 amide bonds. The molecule has 0 unspecified atom stereocenters. The summed E-state index contributed by atoms with van der Waals surface area (Å²) >= 11 is 0. The monoisotopic (exact) mass is 190 g/mol. The third-order valence-electron chi connectivity index (χ3n) is 1.36. The third-order valence-corrected chi connectivity index (χ3v) is 2.37. The van der Waals surface area contributed by atoms with Crippen LogP contribution >= 0.6 is 0 Å². The lowest BCUT2D eigenvalue weighted by Gasteiger charge is -1.94. The minimum atomic E-state index is -3.30. The Kier molecular flexibility index (Phi) is 2.49. The smallest absolute Gasteiger partial charge is 0.253 e. The zero-order chi connectivity index (χ0) is 9.19. The molecule has 1 aromatic heterocycles. The molecular weight excluding hydrogens is 180 g/mol. The van der Waals surface area contributed by atoms with E-state index in [9.17, 15) is 8.42 Å². The van der Waals surface area contributed by atoms with Crippen molar-refractivity contribution in [2.75, 3.05) is 12.8 Å². The number of nitrogens with two attached hydrogens (primary N) is 1. The summed E-state index contributed by atoms with van der Waals surface area (Å²) in [7, 11) is -3.30. The summed E-state index contributed by atoms with van der Waals surface area (Å²) in [5, 5.41) is 3.32. The minimum absolute atomic E-state index is 0.0760. The highest BCUT2D eigenvalue weighted by Crippen LogP contribution is 2.14. The number of aromatic nitrogens is 1. The molecule has 0 saturated carbocycles. The second kappa shape index (κ2) is 3.24. The molecule has 0 spiro atoms. The maximum absolute atomic E-state index is 11.0. The number of hydrogen-bond acceptors (Lipinski definition) is 5. The third kappa shape index (κ3) is 1.83. The molecule has 0 saturated heterocycles. The van der Waals surface area contributed by atoms with Crippen LogP contribution in [0.1, 0.15) is 5.56 Å². The van der Waals surface area contributed by atoms with Gasteiger partial charge in [-0.2, -0.15) is 0 Å². The molecule has 0 radical (unpaired) electrons. The van der Waals surface area contributed by atoms with Crippen molar-refractivity contribution >= 4 is 9.84 Å². The number of sulfone groups is 1. The van der Waals surface area contributed by atoms with Crippen molar-refractivity contribution in [3.05, 3.63) is 11.8 Å². The fraction of sp³-hybridized carbons (Fsp3) is 0.500. The van der Waals surface area contributed by atoms with Gasteiger partial charge in [0.05, 0.1) is 6.20 Å². The average Bonchev–Trinajstić information content (AvgIpc) is 2.34. The van der Waals surface area contributed by atoms with Crippen LogP contribution < -0.4 is 5.73 Å². The first-order valence-electron chi connectivity index (χ1n) is 3.39. The first-order chi connectivity index (χ1) is 5.55. The van der Waals surface area contributed by atoms with Crippen LogP contribution in [0.3, 0.4) is 0 Å². The van der Waals surface area contributed by atoms with Crippen LogP contribution in [0.2, 0.25) is 0 Å². The van der Waals surface area contributed by atoms with Gasteiger partial charge in [-0.25, -0.2) is 8.42 Å². The molecule has 0 bridgehead atoms. The fourth-order valence-corrected chi connectivity index (χ4v) is 1.69. The lowest BCUT2D eigenvalue weighted by Crippen LogP contribution is -2.06. The van der Waals surface area contributed by atoms with Gasteiger partial charge < -0.3 is 10.3 Å². The van der Waals surface area contributed by atoms with Crippen molar-refractivity contribution < 1.29 is 12.9 Å². The van der Waals surface area contributed by atoms with Crippen LogP contribution in [0.15, 0.2) is 15.8 Å². The van der Waals surface area contributed by atoms with Gasteiger partial charge in [0, 0.05) is 11.8 Å². The lowest BCUT2D eigenvalue weighted by atomic mass is 10.3. The molecule has 5 nitrogen and oxygen atoms in total. The number of rotatable bonds is 3. The lowest BCUT2D eigenvalue weighted by molar-refractivity contribution is 0.337. The Labute approximate surface area is 70.5 Å². The Balaban J connectivity index is 3.08. The largest absolute Gasteiger partial charge is 0.344 e. The van der Waals surface area contributed by atoms with Crippen LogP contribution in [-0.4, -0.2) is 26.4 Å². The Morgan fingerprint density at radius 1 is 1.67 bits per heavy atom. The van der Waals surface area contributed by atoms with Crippen molar-refractivity contribution in [1.82, 2.24) is 5.16 Å². The molecule has 0 atom stereocenters. The molecule has 0 aromatic carbocycles. The second-order valence-electron chi connectivity index (χ2n) is 2.45. The maximum atomic E-state index is 11.0. The van der Waals surface area contributed by atoms with Gasteiger partial charge in [-0.3, -0.25) is 0 Å². The summed E-state index contributed by atoms with van der Waals surface area (Å²) in [6.07, 6.45) is 2.92. The van der Waals surface area contributed by atoms with Crippen molar-refractivity contribution in [3.8, 4) is 0 Å². The summed E-state index contributed by atoms with van der Waals surface area (Å²) in [5.41, 5.74) is 5.81. The van der Waals surface area contributed by atoms with E-state index in [2.05, 4.69) is 9.68 Å². The molecule has 0 aliphatic rings. The predicted molar refractivity (Wildman–Crippen MR) is 42.4 cm³/mol. The Hall–Kier alpha value is -0.880. The number of hydrogen-bond donors (Lipinski definition) is 1. The Bertz CT molecular complexity index is 355. The van der Waals surface area contributed by atoms with Crippen LogP contribution in [-0.2, 0) is 16.3 Å². The van der Waals surface area contributed by atoms with Gasteiger partial charge >= 0.3 is 0 Å². The first-order valence-corrected chi connectivity index (χ1v) is 5.28. The van der Waals surface area contributed by atoms with Gasteiger partial charge in [0.2, 0.25) is 9.84 Å². The van der Waals surface area contributed by atoms with Gasteiger partial charge in [-0.15, -0.1) is 0 Å². The summed E-state index contributed by atoms with van der Waals surface area (Å²) in [5.74, 6) is 0. The summed E-state index contributed by atoms with van der Waals surface area (Å²) in [4.78, 5) is 0. The first kappa shape index (κ1) is 9.21. The van der Waals surface area contributed by atoms with E-state index in [1.54, 1.807) is 0 Å². The van der Waals surface area contributed by atoms with Crippen molar-refractivity contribution in [2.24, 2.45) is 5.73 Å². The minimum Gasteiger partial charge on any atom is -0.344 e. The van der Waals surface area contributed by atoms with E-state index in [0.717, 1.165) is 6.26 Å².